The van der Waals surface area contributed by atoms with Crippen molar-refractivity contribution in [2.24, 2.45) is 5.92 Å². The van der Waals surface area contributed by atoms with Crippen molar-refractivity contribution in [3.05, 3.63) is 0 Å². The van der Waals surface area contributed by atoms with Gasteiger partial charge in [0.2, 0.25) is 0 Å². The molecule has 0 spiro atoms. The van der Waals surface area contributed by atoms with Gasteiger partial charge < -0.3 is 13.9 Å². The number of hydrogen-bond acceptors (Lipinski definition) is 3. The summed E-state index contributed by atoms with van der Waals surface area (Å²) in [5.41, 5.74) is 0. The predicted octanol–water partition coefficient (Wildman–Crippen LogP) is 0.666. The van der Waals surface area contributed by atoms with Crippen molar-refractivity contribution in [3.8, 4) is 0 Å². The van der Waals surface area contributed by atoms with Crippen molar-refractivity contribution in [1.29, 1.82) is 0 Å². The second-order valence-corrected chi connectivity index (χ2v) is 3.24. The van der Waals surface area contributed by atoms with Crippen LogP contribution in [0.2, 0.25) is 0 Å². The van der Waals surface area contributed by atoms with Gasteiger partial charge in [-0.3, -0.25) is 0 Å². The molecule has 0 aromatic rings. The van der Waals surface area contributed by atoms with Gasteiger partial charge in [-0.05, 0) is 13.8 Å². The van der Waals surface area contributed by atoms with Gasteiger partial charge in [0.1, 0.15) is 0 Å². The molecule has 74 valence electrons. The first kappa shape index (κ1) is 12.1. The Bertz CT molecular complexity index is 111. The maximum absolute atomic E-state index is 5.47. The van der Waals surface area contributed by atoms with Gasteiger partial charge in [-0.15, -0.1) is 0 Å². The Morgan fingerprint density at radius 2 is 1.58 bits per heavy atom. The van der Waals surface area contributed by atoms with E-state index in [9.17, 15) is 0 Å². The molecule has 0 rings (SSSR count). The van der Waals surface area contributed by atoms with E-state index < -0.39 is 5.97 Å². The van der Waals surface area contributed by atoms with Gasteiger partial charge in [0.15, 0.2) is 10.5 Å². The highest BCUT2D eigenvalue weighted by Crippen LogP contribution is 2.23. The van der Waals surface area contributed by atoms with Gasteiger partial charge in [0, 0.05) is 19.1 Å². The molecule has 0 aliphatic carbocycles. The molecule has 3 nitrogen and oxygen atoms in total. The van der Waals surface area contributed by atoms with E-state index >= 15 is 0 Å². The van der Waals surface area contributed by atoms with Crippen LogP contribution in [0, 0.1) is 5.92 Å². The summed E-state index contributed by atoms with van der Waals surface area (Å²) in [4.78, 5) is 0. The predicted molar refractivity (Wildman–Crippen MR) is 51.8 cm³/mol. The normalized spacial score (nSPS) is 12.8. The van der Waals surface area contributed by atoms with Gasteiger partial charge in [-0.2, -0.15) is 0 Å². The zero-order chi connectivity index (χ0) is 9.61. The van der Waals surface area contributed by atoms with Crippen LogP contribution in [0.15, 0.2) is 0 Å². The van der Waals surface area contributed by atoms with Gasteiger partial charge >= 0.3 is 0 Å². The number of hydrogen-bond donors (Lipinski definition) is 0. The van der Waals surface area contributed by atoms with Crippen molar-refractivity contribution in [3.63, 3.8) is 0 Å². The van der Waals surface area contributed by atoms with Crippen molar-refractivity contribution in [2.75, 3.05) is 13.2 Å². The molecular weight excluding hydrogens is 172 g/mol. The fourth-order valence-corrected chi connectivity index (χ4v) is 1.84. The monoisotopic (exact) mass is 192 g/mol. The summed E-state index contributed by atoms with van der Waals surface area (Å²) in [5.74, 6) is -0.578. The molecule has 0 fully saturated rings. The van der Waals surface area contributed by atoms with Crippen LogP contribution in [0.5, 0.6) is 0 Å². The summed E-state index contributed by atoms with van der Waals surface area (Å²) < 4.78 is 16.3. The molecular formula is C8H20O3Si. The van der Waals surface area contributed by atoms with Crippen LogP contribution >= 0.6 is 0 Å². The molecule has 0 saturated heterocycles. The Morgan fingerprint density at radius 1 is 1.17 bits per heavy atom. The lowest BCUT2D eigenvalue weighted by Gasteiger charge is -2.35. The van der Waals surface area contributed by atoms with Crippen molar-refractivity contribution >= 4 is 10.5 Å². The summed E-state index contributed by atoms with van der Waals surface area (Å²) in [6.45, 7) is 9.17. The molecule has 0 amide bonds. The summed E-state index contributed by atoms with van der Waals surface area (Å²) in [7, 11) is 0.622. The maximum Gasteiger partial charge on any atom is 0.274 e. The van der Waals surface area contributed by atoms with Crippen LogP contribution in [0.1, 0.15) is 27.7 Å². The second-order valence-electron chi connectivity index (χ2n) is 2.83. The van der Waals surface area contributed by atoms with E-state index in [1.165, 1.54) is 0 Å². The fraction of sp³-hybridized carbons (Fsp3) is 1.00. The Labute approximate surface area is 77.9 Å². The number of rotatable bonds is 6. The lowest BCUT2D eigenvalue weighted by molar-refractivity contribution is -0.362. The highest BCUT2D eigenvalue weighted by atomic mass is 28.2. The molecule has 12 heavy (non-hydrogen) atoms. The van der Waals surface area contributed by atoms with E-state index in [1.807, 2.05) is 27.7 Å². The standard InChI is InChI=1S/C8H20O3Si/c1-5-9-8(11-12,7(3)4)10-6-2/h7H,5-6H2,1-4,12H3. The first-order chi connectivity index (χ1) is 5.63. The summed E-state index contributed by atoms with van der Waals surface area (Å²) in [6.07, 6.45) is 0. The molecule has 0 radical (unpaired) electrons. The third kappa shape index (κ3) is 2.86. The van der Waals surface area contributed by atoms with Gasteiger partial charge in [0.05, 0.1) is 0 Å². The summed E-state index contributed by atoms with van der Waals surface area (Å²) >= 11 is 0. The average Bonchev–Trinajstić information content (AvgIpc) is 2.03. The minimum Gasteiger partial charge on any atom is -0.380 e. The lowest BCUT2D eigenvalue weighted by Crippen LogP contribution is -2.43. The third-order valence-corrected chi connectivity index (χ3v) is 2.25. The largest absolute Gasteiger partial charge is 0.380 e. The first-order valence-corrected chi connectivity index (χ1v) is 5.27. The minimum absolute atomic E-state index is 0.217. The average molecular weight is 192 g/mol. The molecule has 4 heteroatoms. The smallest absolute Gasteiger partial charge is 0.274 e. The highest BCUT2D eigenvalue weighted by molar-refractivity contribution is 5.98. The highest BCUT2D eigenvalue weighted by Gasteiger charge is 2.34. The van der Waals surface area contributed by atoms with E-state index in [2.05, 4.69) is 0 Å². The van der Waals surface area contributed by atoms with E-state index in [4.69, 9.17) is 13.9 Å². The molecule has 0 aliphatic rings. The fourth-order valence-electron chi connectivity index (χ4n) is 1.13. The van der Waals surface area contributed by atoms with Crippen LogP contribution in [0.4, 0.5) is 0 Å². The number of ether oxygens (including phenoxy) is 2. The van der Waals surface area contributed by atoms with Crippen molar-refractivity contribution in [2.45, 2.75) is 33.7 Å². The Morgan fingerprint density at radius 3 is 1.75 bits per heavy atom. The molecule has 0 unspecified atom stereocenters. The summed E-state index contributed by atoms with van der Waals surface area (Å²) in [6, 6.07) is 0. The van der Waals surface area contributed by atoms with Crippen LogP contribution in [-0.4, -0.2) is 29.7 Å². The quantitative estimate of drug-likeness (QED) is 0.457. The molecule has 0 N–H and O–H groups in total. The molecule has 0 aliphatic heterocycles. The van der Waals surface area contributed by atoms with Crippen LogP contribution in [0.3, 0.4) is 0 Å². The maximum atomic E-state index is 5.47. The Balaban J connectivity index is 4.28. The molecule has 0 aromatic heterocycles. The summed E-state index contributed by atoms with van der Waals surface area (Å²) in [5, 5.41) is 0. The molecule has 0 heterocycles. The zero-order valence-corrected chi connectivity index (χ0v) is 10.7. The molecule has 0 atom stereocenters. The Hall–Kier alpha value is 0.0969. The minimum atomic E-state index is -0.796. The molecule has 0 bridgehead atoms. The lowest BCUT2D eigenvalue weighted by atomic mass is 10.2. The third-order valence-electron chi connectivity index (χ3n) is 1.68. The Kier molecular flexibility index (Phi) is 5.74. The SMILES string of the molecule is CCOC(O[SiH3])(OCC)C(C)C. The van der Waals surface area contributed by atoms with Crippen LogP contribution < -0.4 is 0 Å². The van der Waals surface area contributed by atoms with Crippen molar-refractivity contribution in [1.82, 2.24) is 0 Å². The second kappa shape index (κ2) is 5.69. The topological polar surface area (TPSA) is 27.7 Å². The van der Waals surface area contributed by atoms with E-state index in [0.717, 1.165) is 0 Å². The first-order valence-electron chi connectivity index (χ1n) is 4.46. The van der Waals surface area contributed by atoms with Crippen LogP contribution in [0.25, 0.3) is 0 Å². The van der Waals surface area contributed by atoms with E-state index in [0.29, 0.717) is 23.7 Å². The molecule has 0 aromatic carbocycles. The molecule has 0 saturated carbocycles. The zero-order valence-electron chi connectivity index (χ0n) is 8.72. The van der Waals surface area contributed by atoms with E-state index in [1.54, 1.807) is 0 Å². The van der Waals surface area contributed by atoms with E-state index in [-0.39, 0.29) is 5.92 Å². The van der Waals surface area contributed by atoms with Crippen molar-refractivity contribution < 1.29 is 13.9 Å². The van der Waals surface area contributed by atoms with Crippen LogP contribution in [-0.2, 0) is 13.9 Å². The van der Waals surface area contributed by atoms with Gasteiger partial charge in [-0.25, -0.2) is 0 Å². The van der Waals surface area contributed by atoms with Gasteiger partial charge in [0.25, 0.3) is 5.97 Å². The van der Waals surface area contributed by atoms with Gasteiger partial charge in [-0.1, -0.05) is 13.8 Å².